The van der Waals surface area contributed by atoms with Crippen molar-refractivity contribution in [3.63, 3.8) is 0 Å². The Morgan fingerprint density at radius 3 is 2.61 bits per heavy atom. The van der Waals surface area contributed by atoms with Crippen LogP contribution in [-0.4, -0.2) is 15.9 Å². The average molecular weight is 246 g/mol. The molecule has 0 saturated heterocycles. The number of hydrogen-bond acceptors (Lipinski definition) is 4. The summed E-state index contributed by atoms with van der Waals surface area (Å²) in [5.41, 5.74) is 6.47. The van der Waals surface area contributed by atoms with E-state index < -0.39 is 5.95 Å². The van der Waals surface area contributed by atoms with Gasteiger partial charge in [-0.05, 0) is 12.1 Å². The minimum atomic E-state index is -0.664. The van der Waals surface area contributed by atoms with Crippen LogP contribution >= 0.6 is 0 Å². The van der Waals surface area contributed by atoms with Crippen molar-refractivity contribution in [2.75, 3.05) is 10.6 Å². The largest absolute Gasteiger partial charge is 0.399 e. The van der Waals surface area contributed by atoms with Gasteiger partial charge in [0.1, 0.15) is 5.82 Å². The van der Waals surface area contributed by atoms with Gasteiger partial charge >= 0.3 is 0 Å². The van der Waals surface area contributed by atoms with Crippen LogP contribution in [-0.2, 0) is 4.79 Å². The third kappa shape index (κ3) is 2.42. The van der Waals surface area contributed by atoms with Gasteiger partial charge in [0.05, 0.1) is 5.69 Å². The van der Waals surface area contributed by atoms with Gasteiger partial charge in [0.15, 0.2) is 0 Å². The van der Waals surface area contributed by atoms with Gasteiger partial charge in [-0.1, -0.05) is 0 Å². The summed E-state index contributed by atoms with van der Waals surface area (Å²) in [6.07, 6.45) is 2.77. The summed E-state index contributed by atoms with van der Waals surface area (Å²) in [6, 6.07) is 5.83. The number of pyridine rings is 2. The number of nitrogen functional groups attached to an aromatic ring is 1. The monoisotopic (exact) mass is 246 g/mol. The van der Waals surface area contributed by atoms with Crippen LogP contribution in [0.25, 0.3) is 0 Å². The number of aromatic nitrogens is 2. The van der Waals surface area contributed by atoms with Crippen LogP contribution in [0, 0.1) is 5.95 Å². The Morgan fingerprint density at radius 2 is 2.00 bits per heavy atom. The molecule has 0 aromatic carbocycles. The van der Waals surface area contributed by atoms with E-state index in [0.717, 1.165) is 6.07 Å². The molecule has 2 rings (SSSR count). The van der Waals surface area contributed by atoms with Crippen molar-refractivity contribution in [3.05, 3.63) is 42.6 Å². The predicted molar refractivity (Wildman–Crippen MR) is 65.7 cm³/mol. The zero-order chi connectivity index (χ0) is 13.1. The SMILES string of the molecule is CC(=O)N(c1ccnc(F)c1)c1cc(N)ccn1. The van der Waals surface area contributed by atoms with Crippen molar-refractivity contribution >= 4 is 23.1 Å². The number of nitrogens with two attached hydrogens (primary N) is 1. The molecule has 6 heteroatoms. The van der Waals surface area contributed by atoms with Crippen LogP contribution in [0.2, 0.25) is 0 Å². The summed E-state index contributed by atoms with van der Waals surface area (Å²) < 4.78 is 13.1. The number of rotatable bonds is 2. The van der Waals surface area contributed by atoms with Gasteiger partial charge in [-0.25, -0.2) is 9.97 Å². The van der Waals surface area contributed by atoms with Crippen LogP contribution in [0.15, 0.2) is 36.7 Å². The van der Waals surface area contributed by atoms with Gasteiger partial charge in [0, 0.05) is 37.1 Å². The summed E-state index contributed by atoms with van der Waals surface area (Å²) in [5, 5.41) is 0. The lowest BCUT2D eigenvalue weighted by Gasteiger charge is -2.20. The first-order chi connectivity index (χ1) is 8.58. The maximum absolute atomic E-state index is 13.1. The van der Waals surface area contributed by atoms with Crippen LogP contribution in [0.1, 0.15) is 6.92 Å². The third-order valence-electron chi connectivity index (χ3n) is 2.28. The number of hydrogen-bond donors (Lipinski definition) is 1. The number of amides is 1. The van der Waals surface area contributed by atoms with E-state index in [9.17, 15) is 9.18 Å². The van der Waals surface area contributed by atoms with Gasteiger partial charge in [-0.3, -0.25) is 9.69 Å². The summed E-state index contributed by atoms with van der Waals surface area (Å²) in [5.74, 6) is -0.616. The van der Waals surface area contributed by atoms with Crippen molar-refractivity contribution in [1.82, 2.24) is 9.97 Å². The Hall–Kier alpha value is -2.50. The van der Waals surface area contributed by atoms with Crippen molar-refractivity contribution in [2.45, 2.75) is 6.92 Å². The molecule has 5 nitrogen and oxygen atoms in total. The second kappa shape index (κ2) is 4.79. The van der Waals surface area contributed by atoms with Crippen molar-refractivity contribution in [1.29, 1.82) is 0 Å². The van der Waals surface area contributed by atoms with E-state index in [0.29, 0.717) is 17.2 Å². The van der Waals surface area contributed by atoms with E-state index in [4.69, 9.17) is 5.73 Å². The van der Waals surface area contributed by atoms with Crippen LogP contribution < -0.4 is 10.6 Å². The number of nitrogens with zero attached hydrogens (tertiary/aromatic N) is 3. The number of carbonyl (C=O) groups excluding carboxylic acids is 1. The summed E-state index contributed by atoms with van der Waals surface area (Å²) in [6.45, 7) is 1.36. The molecule has 0 aliphatic carbocycles. The van der Waals surface area contributed by atoms with E-state index >= 15 is 0 Å². The van der Waals surface area contributed by atoms with Crippen molar-refractivity contribution in [3.8, 4) is 0 Å². The van der Waals surface area contributed by atoms with E-state index in [-0.39, 0.29) is 5.91 Å². The molecular formula is C12H11FN4O. The van der Waals surface area contributed by atoms with Gasteiger partial charge < -0.3 is 5.73 Å². The van der Waals surface area contributed by atoms with Gasteiger partial charge in [-0.2, -0.15) is 4.39 Å². The molecule has 1 amide bonds. The minimum Gasteiger partial charge on any atom is -0.399 e. The second-order valence-corrected chi connectivity index (χ2v) is 3.64. The molecule has 0 aliphatic rings. The Balaban J connectivity index is 2.50. The molecule has 0 atom stereocenters. The Labute approximate surface area is 103 Å². The lowest BCUT2D eigenvalue weighted by Crippen LogP contribution is -2.24. The molecule has 2 aromatic heterocycles. The highest BCUT2D eigenvalue weighted by Crippen LogP contribution is 2.24. The smallest absolute Gasteiger partial charge is 0.229 e. The quantitative estimate of drug-likeness (QED) is 0.821. The molecule has 2 heterocycles. The van der Waals surface area contributed by atoms with E-state index in [1.807, 2.05) is 0 Å². The molecular weight excluding hydrogens is 235 g/mol. The van der Waals surface area contributed by atoms with E-state index in [2.05, 4.69) is 9.97 Å². The Kier molecular flexibility index (Phi) is 3.18. The lowest BCUT2D eigenvalue weighted by atomic mass is 10.3. The zero-order valence-corrected chi connectivity index (χ0v) is 9.67. The predicted octanol–water partition coefficient (Wildman–Crippen LogP) is 1.88. The average Bonchev–Trinajstić information content (AvgIpc) is 2.28. The van der Waals surface area contributed by atoms with Crippen molar-refractivity contribution in [2.24, 2.45) is 0 Å². The first-order valence-electron chi connectivity index (χ1n) is 5.21. The second-order valence-electron chi connectivity index (χ2n) is 3.64. The summed E-state index contributed by atoms with van der Waals surface area (Å²) in [4.78, 5) is 20.4. The fourth-order valence-electron chi connectivity index (χ4n) is 1.56. The summed E-state index contributed by atoms with van der Waals surface area (Å²) in [7, 11) is 0. The normalized spacial score (nSPS) is 10.1. The van der Waals surface area contributed by atoms with Gasteiger partial charge in [-0.15, -0.1) is 0 Å². The molecule has 18 heavy (non-hydrogen) atoms. The number of carbonyl (C=O) groups is 1. The topological polar surface area (TPSA) is 72.1 Å². The minimum absolute atomic E-state index is 0.293. The van der Waals surface area contributed by atoms with Gasteiger partial charge in [0.25, 0.3) is 0 Å². The molecule has 0 fully saturated rings. The third-order valence-corrected chi connectivity index (χ3v) is 2.28. The maximum atomic E-state index is 13.1. The summed E-state index contributed by atoms with van der Waals surface area (Å²) >= 11 is 0. The van der Waals surface area contributed by atoms with Crippen molar-refractivity contribution < 1.29 is 9.18 Å². The molecule has 0 saturated carbocycles. The highest BCUT2D eigenvalue weighted by atomic mass is 19.1. The zero-order valence-electron chi connectivity index (χ0n) is 9.67. The van der Waals surface area contributed by atoms with Crippen LogP contribution in [0.5, 0.6) is 0 Å². The molecule has 2 aromatic rings. The molecule has 0 bridgehead atoms. The molecule has 0 aliphatic heterocycles. The number of halogens is 1. The van der Waals surface area contributed by atoms with Crippen LogP contribution in [0.3, 0.4) is 0 Å². The first kappa shape index (κ1) is 12.0. The highest BCUT2D eigenvalue weighted by molar-refractivity contribution is 5.98. The van der Waals surface area contributed by atoms with Gasteiger partial charge in [0.2, 0.25) is 11.9 Å². The van der Waals surface area contributed by atoms with Crippen LogP contribution in [0.4, 0.5) is 21.6 Å². The fourth-order valence-corrected chi connectivity index (χ4v) is 1.56. The molecule has 0 radical (unpaired) electrons. The highest BCUT2D eigenvalue weighted by Gasteiger charge is 2.16. The standard InChI is InChI=1S/C12H11FN4O/c1-8(18)17(10-3-5-15-11(13)7-10)12-6-9(14)2-4-16-12/h2-7H,1H3,(H2,14,16). The molecule has 2 N–H and O–H groups in total. The Morgan fingerprint density at radius 1 is 1.28 bits per heavy atom. The van der Waals surface area contributed by atoms with E-state index in [1.165, 1.54) is 30.3 Å². The number of anilines is 3. The molecule has 92 valence electrons. The Bertz CT molecular complexity index is 542. The molecule has 0 unspecified atom stereocenters. The first-order valence-corrected chi connectivity index (χ1v) is 5.21. The molecule has 0 spiro atoms. The van der Waals surface area contributed by atoms with E-state index in [1.54, 1.807) is 12.1 Å². The maximum Gasteiger partial charge on any atom is 0.229 e. The lowest BCUT2D eigenvalue weighted by molar-refractivity contribution is -0.115. The fraction of sp³-hybridized carbons (Fsp3) is 0.0833.